The number of nitrogens with two attached hydrogens (primary N) is 2. The first kappa shape index (κ1) is 9.16. The van der Waals surface area contributed by atoms with Crippen molar-refractivity contribution in [1.82, 2.24) is 0 Å². The maximum atomic E-state index is 7.12. The Morgan fingerprint density at radius 1 is 1.25 bits per heavy atom. The highest BCUT2D eigenvalue weighted by Gasteiger charge is 2.05. The van der Waals surface area contributed by atoms with Crippen LogP contribution in [0.1, 0.15) is 5.56 Å². The van der Waals surface area contributed by atoms with Crippen LogP contribution in [0, 0.1) is 5.41 Å². The molecule has 3 nitrogen and oxygen atoms in total. The Kier molecular flexibility index (Phi) is 2.45. The lowest BCUT2D eigenvalue weighted by Gasteiger charge is -2.04. The molecule has 1 rings (SSSR count). The topological polar surface area (TPSA) is 75.9 Å². The lowest BCUT2D eigenvalue weighted by molar-refractivity contribution is 1.42. The van der Waals surface area contributed by atoms with Gasteiger partial charge < -0.3 is 11.5 Å². The molecule has 0 saturated heterocycles. The summed E-state index contributed by atoms with van der Waals surface area (Å²) < 4.78 is 0. The second-order valence-corrected chi connectivity index (χ2v) is 3.08. The molecule has 0 bridgehead atoms. The first-order valence-corrected chi connectivity index (χ1v) is 3.87. The van der Waals surface area contributed by atoms with E-state index < -0.39 is 0 Å². The number of nitrogen functional groups attached to an aromatic ring is 2. The quantitative estimate of drug-likeness (QED) is 0.371. The van der Waals surface area contributed by atoms with Crippen LogP contribution in [-0.2, 0) is 0 Å². The lowest BCUT2D eigenvalue weighted by Crippen LogP contribution is -2.11. The number of hydrogen-bond acceptors (Lipinski definition) is 2. The first-order valence-electron chi connectivity index (χ1n) is 3.11. The summed E-state index contributed by atoms with van der Waals surface area (Å²) in [5, 5.41) is 7.74. The molecular weight excluding hydrogens is 197 g/mol. The summed E-state index contributed by atoms with van der Waals surface area (Å²) in [4.78, 5) is 0. The normalized spacial score (nSPS) is 9.83. The zero-order valence-corrected chi connectivity index (χ0v) is 7.58. The molecule has 0 amide bonds. The van der Waals surface area contributed by atoms with Gasteiger partial charge in [-0.25, -0.2) is 0 Å². The van der Waals surface area contributed by atoms with E-state index in [0.29, 0.717) is 21.3 Å². The van der Waals surface area contributed by atoms with Crippen molar-refractivity contribution >= 4 is 34.7 Å². The summed E-state index contributed by atoms with van der Waals surface area (Å²) in [6.07, 6.45) is 0. The van der Waals surface area contributed by atoms with Crippen molar-refractivity contribution < 1.29 is 0 Å². The van der Waals surface area contributed by atoms with Gasteiger partial charge in [-0.3, -0.25) is 5.41 Å². The molecule has 0 aliphatic heterocycles. The van der Waals surface area contributed by atoms with Crippen molar-refractivity contribution in [3.8, 4) is 0 Å². The zero-order valence-electron chi connectivity index (χ0n) is 6.07. The maximum absolute atomic E-state index is 7.12. The Bertz CT molecular complexity index is 312. The van der Waals surface area contributed by atoms with Crippen LogP contribution < -0.4 is 11.5 Å². The summed E-state index contributed by atoms with van der Waals surface area (Å²) in [6.45, 7) is 0. The third-order valence-electron chi connectivity index (χ3n) is 1.39. The van der Waals surface area contributed by atoms with Crippen LogP contribution in [0.2, 0.25) is 10.0 Å². The number of rotatable bonds is 1. The minimum Gasteiger partial charge on any atom is -0.396 e. The van der Waals surface area contributed by atoms with E-state index in [4.69, 9.17) is 40.1 Å². The predicted molar refractivity (Wildman–Crippen MR) is 51.9 cm³/mol. The molecule has 0 fully saturated rings. The van der Waals surface area contributed by atoms with Gasteiger partial charge in [-0.1, -0.05) is 23.2 Å². The molecule has 0 heterocycles. The van der Waals surface area contributed by atoms with Crippen LogP contribution in [0.15, 0.2) is 12.1 Å². The molecule has 1 aromatic carbocycles. The highest BCUT2D eigenvalue weighted by atomic mass is 35.5. The maximum Gasteiger partial charge on any atom is 0.122 e. The van der Waals surface area contributed by atoms with Crippen molar-refractivity contribution in [2.75, 3.05) is 5.73 Å². The summed E-state index contributed by atoms with van der Waals surface area (Å²) in [7, 11) is 0. The minimum atomic E-state index is -0.0844. The molecule has 0 aromatic heterocycles. The van der Waals surface area contributed by atoms with Gasteiger partial charge in [-0.15, -0.1) is 0 Å². The molecule has 64 valence electrons. The van der Waals surface area contributed by atoms with Crippen LogP contribution in [0.3, 0.4) is 0 Å². The standard InChI is InChI=1S/C7H7Cl2N3/c8-4-1-3(7(11)12)2-5(9)6(4)10/h1-2H,10H2,(H3,11,12). The van der Waals surface area contributed by atoms with Gasteiger partial charge in [0.2, 0.25) is 0 Å². The molecule has 0 spiro atoms. The smallest absolute Gasteiger partial charge is 0.122 e. The van der Waals surface area contributed by atoms with E-state index in [1.807, 2.05) is 0 Å². The average molecular weight is 204 g/mol. The lowest BCUT2D eigenvalue weighted by atomic mass is 10.2. The van der Waals surface area contributed by atoms with Gasteiger partial charge in [0.15, 0.2) is 0 Å². The highest BCUT2D eigenvalue weighted by molar-refractivity contribution is 6.39. The van der Waals surface area contributed by atoms with E-state index in [-0.39, 0.29) is 5.84 Å². The number of hydrogen-bond donors (Lipinski definition) is 3. The van der Waals surface area contributed by atoms with E-state index in [1.54, 1.807) is 0 Å². The van der Waals surface area contributed by atoms with Crippen LogP contribution in [0.5, 0.6) is 0 Å². The van der Waals surface area contributed by atoms with Gasteiger partial charge in [0, 0.05) is 5.56 Å². The van der Waals surface area contributed by atoms with Crippen LogP contribution >= 0.6 is 23.2 Å². The molecule has 0 unspecified atom stereocenters. The number of anilines is 1. The van der Waals surface area contributed by atoms with Gasteiger partial charge in [0.05, 0.1) is 15.7 Å². The minimum absolute atomic E-state index is 0.0844. The number of amidine groups is 1. The monoisotopic (exact) mass is 203 g/mol. The third-order valence-corrected chi connectivity index (χ3v) is 2.02. The molecule has 0 atom stereocenters. The summed E-state index contributed by atoms with van der Waals surface area (Å²) in [6, 6.07) is 3.01. The average Bonchev–Trinajstić information content (AvgIpc) is 1.99. The number of halogens is 2. The van der Waals surface area contributed by atoms with E-state index in [9.17, 15) is 0 Å². The third kappa shape index (κ3) is 1.62. The largest absolute Gasteiger partial charge is 0.396 e. The molecule has 12 heavy (non-hydrogen) atoms. The van der Waals surface area contributed by atoms with E-state index in [0.717, 1.165) is 0 Å². The Balaban J connectivity index is 3.31. The van der Waals surface area contributed by atoms with Crippen molar-refractivity contribution in [3.05, 3.63) is 27.7 Å². The Hall–Kier alpha value is -0.930. The second kappa shape index (κ2) is 3.21. The van der Waals surface area contributed by atoms with Crippen LogP contribution in [-0.4, -0.2) is 5.84 Å². The molecule has 0 saturated carbocycles. The van der Waals surface area contributed by atoms with Crippen molar-refractivity contribution in [2.24, 2.45) is 5.73 Å². The molecule has 0 aliphatic carbocycles. The summed E-state index contributed by atoms with van der Waals surface area (Å²) in [5.74, 6) is -0.0844. The van der Waals surface area contributed by atoms with E-state index >= 15 is 0 Å². The molecular formula is C7H7Cl2N3. The first-order chi connectivity index (χ1) is 5.52. The van der Waals surface area contributed by atoms with Gasteiger partial charge in [-0.05, 0) is 12.1 Å². The van der Waals surface area contributed by atoms with Crippen LogP contribution in [0.25, 0.3) is 0 Å². The fraction of sp³-hybridized carbons (Fsp3) is 0. The highest BCUT2D eigenvalue weighted by Crippen LogP contribution is 2.28. The number of nitrogens with one attached hydrogen (secondary N) is 1. The Labute approximate surface area is 79.8 Å². The van der Waals surface area contributed by atoms with Crippen molar-refractivity contribution in [2.45, 2.75) is 0 Å². The number of benzene rings is 1. The molecule has 5 N–H and O–H groups in total. The summed E-state index contributed by atoms with van der Waals surface area (Å²) in [5.41, 5.74) is 11.5. The van der Waals surface area contributed by atoms with Gasteiger partial charge in [-0.2, -0.15) is 0 Å². The Morgan fingerprint density at radius 3 is 2.00 bits per heavy atom. The van der Waals surface area contributed by atoms with Crippen molar-refractivity contribution in [1.29, 1.82) is 5.41 Å². The van der Waals surface area contributed by atoms with Gasteiger partial charge in [0.1, 0.15) is 5.84 Å². The molecule has 5 heteroatoms. The summed E-state index contributed by atoms with van der Waals surface area (Å²) >= 11 is 11.4. The fourth-order valence-corrected chi connectivity index (χ4v) is 1.23. The van der Waals surface area contributed by atoms with Crippen molar-refractivity contribution in [3.63, 3.8) is 0 Å². The Morgan fingerprint density at radius 2 is 1.67 bits per heavy atom. The molecule has 0 radical (unpaired) electrons. The van der Waals surface area contributed by atoms with Gasteiger partial charge in [0.25, 0.3) is 0 Å². The zero-order chi connectivity index (χ0) is 9.30. The van der Waals surface area contributed by atoms with Gasteiger partial charge >= 0.3 is 0 Å². The fourth-order valence-electron chi connectivity index (χ4n) is 0.740. The second-order valence-electron chi connectivity index (χ2n) is 2.27. The van der Waals surface area contributed by atoms with E-state index in [1.165, 1.54) is 12.1 Å². The van der Waals surface area contributed by atoms with E-state index in [2.05, 4.69) is 0 Å². The molecule has 1 aromatic rings. The predicted octanol–water partition coefficient (Wildman–Crippen LogP) is 1.86. The SMILES string of the molecule is N=C(N)c1cc(Cl)c(N)c(Cl)c1. The molecule has 0 aliphatic rings. The van der Waals surface area contributed by atoms with Crippen LogP contribution in [0.4, 0.5) is 5.69 Å².